The molecule has 11 heteroatoms. The number of aryl methyl sites for hydroxylation is 1. The lowest BCUT2D eigenvalue weighted by molar-refractivity contribution is 0.0695. The molecule has 2 fully saturated rings. The third-order valence-electron chi connectivity index (χ3n) is 9.67. The van der Waals surface area contributed by atoms with E-state index in [1.807, 2.05) is 0 Å². The molecule has 1 aliphatic heterocycles. The third-order valence-corrected chi connectivity index (χ3v) is 9.67. The highest BCUT2D eigenvalue weighted by Crippen LogP contribution is 2.52. The van der Waals surface area contributed by atoms with Crippen LogP contribution in [-0.2, 0) is 13.5 Å². The molecule has 1 saturated heterocycles. The maximum atomic E-state index is 15.8. The molecule has 1 saturated carbocycles. The summed E-state index contributed by atoms with van der Waals surface area (Å²) >= 11 is 0. The first kappa shape index (κ1) is 27.5. The molecule has 0 radical (unpaired) electrons. The van der Waals surface area contributed by atoms with E-state index in [0.29, 0.717) is 63.6 Å². The first-order chi connectivity index (χ1) is 20.6. The second-order valence-corrected chi connectivity index (χ2v) is 12.2. The Morgan fingerprint density at radius 3 is 2.63 bits per heavy atom. The van der Waals surface area contributed by atoms with Gasteiger partial charge in [0.15, 0.2) is 11.6 Å². The highest BCUT2D eigenvalue weighted by molar-refractivity contribution is 5.98. The van der Waals surface area contributed by atoms with Crippen LogP contribution in [0.15, 0.2) is 35.5 Å². The largest absolute Gasteiger partial charge is 0.477 e. The van der Waals surface area contributed by atoms with Crippen LogP contribution in [0, 0.1) is 23.5 Å². The summed E-state index contributed by atoms with van der Waals surface area (Å²) in [5.41, 5.74) is 3.91. The van der Waals surface area contributed by atoms with Crippen LogP contribution in [0.4, 0.5) is 20.2 Å². The molecule has 2 N–H and O–H groups in total. The summed E-state index contributed by atoms with van der Waals surface area (Å²) < 4.78 is 32.3. The molecule has 222 valence electrons. The standard InChI is InChI=1S/C32H32F2N6O3/c1-35-23-9-22(33)28(34)26-17(23)8-24-27(26)29(40-12-15-5-6-25(38(2)3)20(15)14-40)19(11-36-24)16-7-18-30(41)21(32(42)43)13-39(4)31(18)37-10-16/h7,9-11,13,15,20,25,35H,5-6,8,12,14H2,1-4H3,(H,42,43)/t15?,20?,25-/m1/s1. The summed E-state index contributed by atoms with van der Waals surface area (Å²) in [4.78, 5) is 38.9. The van der Waals surface area contributed by atoms with Crippen molar-refractivity contribution in [2.75, 3.05) is 44.4 Å². The van der Waals surface area contributed by atoms with Crippen LogP contribution in [-0.4, -0.2) is 70.8 Å². The minimum absolute atomic E-state index is 0.160. The molecule has 3 aliphatic rings. The van der Waals surface area contributed by atoms with E-state index in [1.165, 1.54) is 16.8 Å². The van der Waals surface area contributed by atoms with Crippen molar-refractivity contribution in [3.63, 3.8) is 0 Å². The van der Waals surface area contributed by atoms with Crippen molar-refractivity contribution in [2.45, 2.75) is 25.3 Å². The molecular weight excluding hydrogens is 554 g/mol. The van der Waals surface area contributed by atoms with Crippen molar-refractivity contribution >= 4 is 28.4 Å². The molecule has 0 spiro atoms. The molecule has 2 unspecified atom stereocenters. The summed E-state index contributed by atoms with van der Waals surface area (Å²) in [6, 6.07) is 3.25. The monoisotopic (exact) mass is 586 g/mol. The van der Waals surface area contributed by atoms with Gasteiger partial charge in [-0.3, -0.25) is 9.78 Å². The fourth-order valence-corrected chi connectivity index (χ4v) is 7.70. The van der Waals surface area contributed by atoms with E-state index in [0.717, 1.165) is 31.6 Å². The number of aromatic carboxylic acids is 1. The number of fused-ring (bicyclic) bond motifs is 5. The number of nitrogens with one attached hydrogen (secondary N) is 1. The number of carbonyl (C=O) groups is 1. The van der Waals surface area contributed by atoms with E-state index < -0.39 is 23.0 Å². The van der Waals surface area contributed by atoms with Crippen molar-refractivity contribution in [1.82, 2.24) is 19.4 Å². The zero-order chi connectivity index (χ0) is 30.3. The first-order valence-corrected chi connectivity index (χ1v) is 14.4. The predicted molar refractivity (Wildman–Crippen MR) is 161 cm³/mol. The lowest BCUT2D eigenvalue weighted by Crippen LogP contribution is -2.35. The normalized spacial score (nSPS) is 20.5. The van der Waals surface area contributed by atoms with Crippen LogP contribution in [0.2, 0.25) is 0 Å². The number of carboxylic acid groups (broad SMARTS) is 1. The van der Waals surface area contributed by atoms with Gasteiger partial charge in [0, 0.05) is 92.2 Å². The van der Waals surface area contributed by atoms with Crippen molar-refractivity contribution in [3.05, 3.63) is 69.4 Å². The summed E-state index contributed by atoms with van der Waals surface area (Å²) in [6.45, 7) is 1.50. The Morgan fingerprint density at radius 2 is 1.91 bits per heavy atom. The Morgan fingerprint density at radius 1 is 1.12 bits per heavy atom. The fourth-order valence-electron chi connectivity index (χ4n) is 7.70. The minimum atomic E-state index is -1.32. The number of aromatic nitrogens is 3. The van der Waals surface area contributed by atoms with Crippen molar-refractivity contribution in [1.29, 1.82) is 0 Å². The van der Waals surface area contributed by atoms with Gasteiger partial charge in [0.05, 0.1) is 16.8 Å². The SMILES string of the molecule is CNc1cc(F)c(F)c2c1Cc1ncc(-c3cnc4c(c3)c(=O)c(C(=O)O)cn4C)c(N3CC4CC[C@@H](N(C)C)C4C3)c1-2. The average Bonchev–Trinajstić information content (AvgIpc) is 3.68. The Labute approximate surface area is 246 Å². The van der Waals surface area contributed by atoms with Gasteiger partial charge in [0.25, 0.3) is 0 Å². The van der Waals surface area contributed by atoms with Gasteiger partial charge in [0.2, 0.25) is 5.43 Å². The number of halogens is 2. The number of carboxylic acids is 1. The van der Waals surface area contributed by atoms with Crippen LogP contribution in [0.5, 0.6) is 0 Å². The number of rotatable bonds is 5. The zero-order valence-corrected chi connectivity index (χ0v) is 24.4. The number of nitrogens with zero attached hydrogens (tertiary/aromatic N) is 5. The number of hydrogen-bond donors (Lipinski definition) is 2. The van der Waals surface area contributed by atoms with Gasteiger partial charge in [-0.25, -0.2) is 18.6 Å². The van der Waals surface area contributed by atoms with Gasteiger partial charge in [-0.2, -0.15) is 0 Å². The van der Waals surface area contributed by atoms with Gasteiger partial charge in [0.1, 0.15) is 11.2 Å². The summed E-state index contributed by atoms with van der Waals surface area (Å²) in [5.74, 6) is -2.29. The average molecular weight is 587 g/mol. The molecule has 4 heterocycles. The Bertz CT molecular complexity index is 1910. The number of hydrogen-bond acceptors (Lipinski definition) is 7. The molecule has 4 aromatic rings. The molecule has 3 atom stereocenters. The van der Waals surface area contributed by atoms with Crippen LogP contribution >= 0.6 is 0 Å². The van der Waals surface area contributed by atoms with Gasteiger partial charge in [-0.05, 0) is 50.4 Å². The minimum Gasteiger partial charge on any atom is -0.477 e. The highest BCUT2D eigenvalue weighted by Gasteiger charge is 2.45. The van der Waals surface area contributed by atoms with Gasteiger partial charge in [-0.15, -0.1) is 0 Å². The van der Waals surface area contributed by atoms with Gasteiger partial charge >= 0.3 is 5.97 Å². The fraction of sp³-hybridized carbons (Fsp3) is 0.375. The molecule has 0 amide bonds. The second-order valence-electron chi connectivity index (χ2n) is 12.2. The lowest BCUT2D eigenvalue weighted by atomic mass is 9.96. The van der Waals surface area contributed by atoms with Gasteiger partial charge in [-0.1, -0.05) is 0 Å². The molecule has 7 rings (SSSR count). The summed E-state index contributed by atoms with van der Waals surface area (Å²) in [6.07, 6.45) is 7.17. The zero-order valence-electron chi connectivity index (χ0n) is 24.4. The molecule has 0 bridgehead atoms. The Hall–Kier alpha value is -4.38. The number of anilines is 2. The van der Waals surface area contributed by atoms with Crippen molar-refractivity contribution < 1.29 is 18.7 Å². The van der Waals surface area contributed by atoms with Crippen LogP contribution < -0.4 is 15.6 Å². The second kappa shape index (κ2) is 9.84. The Kier molecular flexibility index (Phi) is 6.28. The van der Waals surface area contributed by atoms with Crippen LogP contribution in [0.1, 0.15) is 34.5 Å². The topological polar surface area (TPSA) is 104 Å². The third kappa shape index (κ3) is 4.05. The van der Waals surface area contributed by atoms with E-state index in [1.54, 1.807) is 32.6 Å². The quantitative estimate of drug-likeness (QED) is 0.313. The molecule has 3 aromatic heterocycles. The number of benzene rings is 1. The molecule has 2 aliphatic carbocycles. The van der Waals surface area contributed by atoms with Crippen LogP contribution in [0.3, 0.4) is 0 Å². The van der Waals surface area contributed by atoms with Crippen molar-refractivity contribution in [3.8, 4) is 22.3 Å². The van der Waals surface area contributed by atoms with Crippen LogP contribution in [0.25, 0.3) is 33.3 Å². The van der Waals surface area contributed by atoms with E-state index in [9.17, 15) is 19.1 Å². The molecular formula is C32H32F2N6O3. The number of pyridine rings is 3. The van der Waals surface area contributed by atoms with E-state index >= 15 is 4.39 Å². The van der Waals surface area contributed by atoms with E-state index in [4.69, 9.17) is 4.98 Å². The van der Waals surface area contributed by atoms with E-state index in [2.05, 4.69) is 34.2 Å². The Balaban J connectivity index is 1.48. The highest BCUT2D eigenvalue weighted by atomic mass is 19.2. The van der Waals surface area contributed by atoms with Crippen molar-refractivity contribution in [2.24, 2.45) is 18.9 Å². The first-order valence-electron chi connectivity index (χ1n) is 14.4. The predicted octanol–water partition coefficient (Wildman–Crippen LogP) is 4.36. The smallest absolute Gasteiger partial charge is 0.341 e. The molecule has 43 heavy (non-hydrogen) atoms. The summed E-state index contributed by atoms with van der Waals surface area (Å²) in [5, 5.41) is 12.8. The van der Waals surface area contributed by atoms with Gasteiger partial charge < -0.3 is 24.8 Å². The lowest BCUT2D eigenvalue weighted by Gasteiger charge is -2.29. The maximum Gasteiger partial charge on any atom is 0.341 e. The maximum absolute atomic E-state index is 15.8. The molecule has 1 aromatic carbocycles. The summed E-state index contributed by atoms with van der Waals surface area (Å²) in [7, 11) is 7.53. The van der Waals surface area contributed by atoms with E-state index in [-0.39, 0.29) is 16.5 Å². The molecule has 9 nitrogen and oxygen atoms in total.